The van der Waals surface area contributed by atoms with Crippen molar-refractivity contribution < 1.29 is 27.5 Å². The molecule has 0 aliphatic carbocycles. The molecule has 0 aliphatic rings. The maximum Gasteiger partial charge on any atom is 0.416 e. The molecule has 2 rings (SSSR count). The number of hydrogen-bond donors (Lipinski definition) is 2. The highest BCUT2D eigenvalue weighted by Crippen LogP contribution is 2.28. The first-order valence-electron chi connectivity index (χ1n) is 7.71. The predicted octanol–water partition coefficient (Wildman–Crippen LogP) is 2.59. The normalized spacial score (nSPS) is 11.3. The Labute approximate surface area is 153 Å². The number of rotatable bonds is 6. The molecule has 0 saturated carbocycles. The van der Waals surface area contributed by atoms with Gasteiger partial charge in [0.15, 0.2) is 0 Å². The Kier molecular flexibility index (Phi) is 6.53. The van der Waals surface area contributed by atoms with Crippen molar-refractivity contribution in [2.24, 2.45) is 5.10 Å². The van der Waals surface area contributed by atoms with Gasteiger partial charge in [0.1, 0.15) is 5.75 Å². The monoisotopic (exact) mass is 379 g/mol. The van der Waals surface area contributed by atoms with Gasteiger partial charge in [0.2, 0.25) is 0 Å². The zero-order valence-corrected chi connectivity index (χ0v) is 14.2. The Morgan fingerprint density at radius 2 is 1.70 bits per heavy atom. The molecule has 9 heteroatoms. The van der Waals surface area contributed by atoms with Crippen LogP contribution in [0.4, 0.5) is 13.2 Å². The standard InChI is InChI=1S/C18H16F3N3O3/c1-27-15-8-4-13(5-9-15)17(26)22-11-16(25)24-23-10-12-2-6-14(7-3-12)18(19,20)21/h2-10H,11H2,1H3,(H,22,26)(H,24,25). The largest absolute Gasteiger partial charge is 0.497 e. The minimum Gasteiger partial charge on any atom is -0.497 e. The van der Waals surface area contributed by atoms with Crippen LogP contribution in [0.5, 0.6) is 5.75 Å². The Bertz CT molecular complexity index is 816. The molecule has 27 heavy (non-hydrogen) atoms. The van der Waals surface area contributed by atoms with E-state index in [2.05, 4.69) is 15.8 Å². The number of nitrogens with zero attached hydrogens (tertiary/aromatic N) is 1. The molecule has 0 spiro atoms. The Morgan fingerprint density at radius 1 is 1.07 bits per heavy atom. The number of hydrazone groups is 1. The van der Waals surface area contributed by atoms with Crippen molar-refractivity contribution >= 4 is 18.0 Å². The van der Waals surface area contributed by atoms with E-state index in [0.717, 1.165) is 12.1 Å². The predicted molar refractivity (Wildman–Crippen MR) is 92.5 cm³/mol. The number of carbonyl (C=O) groups is 2. The number of carbonyl (C=O) groups excluding carboxylic acids is 2. The summed E-state index contributed by atoms with van der Waals surface area (Å²) in [5, 5.41) is 6.05. The summed E-state index contributed by atoms with van der Waals surface area (Å²) in [7, 11) is 1.50. The first kappa shape index (κ1) is 20.0. The molecular formula is C18H16F3N3O3. The van der Waals surface area contributed by atoms with E-state index in [1.807, 2.05) is 0 Å². The lowest BCUT2D eigenvalue weighted by Crippen LogP contribution is -2.34. The second-order valence-electron chi connectivity index (χ2n) is 5.32. The summed E-state index contributed by atoms with van der Waals surface area (Å²) < 4.78 is 42.4. The molecule has 142 valence electrons. The molecule has 0 atom stereocenters. The third-order valence-corrected chi connectivity index (χ3v) is 3.40. The topological polar surface area (TPSA) is 79.8 Å². The first-order valence-corrected chi connectivity index (χ1v) is 7.71. The average molecular weight is 379 g/mol. The van der Waals surface area contributed by atoms with E-state index in [-0.39, 0.29) is 6.54 Å². The summed E-state index contributed by atoms with van der Waals surface area (Å²) in [5.41, 5.74) is 2.14. The van der Waals surface area contributed by atoms with Crippen LogP contribution in [-0.2, 0) is 11.0 Å². The second kappa shape index (κ2) is 8.84. The molecule has 6 nitrogen and oxygen atoms in total. The molecule has 0 radical (unpaired) electrons. The molecule has 2 N–H and O–H groups in total. The van der Waals surface area contributed by atoms with Crippen LogP contribution in [0, 0.1) is 0 Å². The van der Waals surface area contributed by atoms with E-state index in [1.165, 1.54) is 25.5 Å². The van der Waals surface area contributed by atoms with Gasteiger partial charge in [-0.25, -0.2) is 5.43 Å². The number of halogens is 3. The number of ether oxygens (including phenoxy) is 1. The fourth-order valence-electron chi connectivity index (χ4n) is 1.98. The van der Waals surface area contributed by atoms with Crippen LogP contribution in [0.1, 0.15) is 21.5 Å². The van der Waals surface area contributed by atoms with Crippen molar-refractivity contribution in [3.8, 4) is 5.75 Å². The lowest BCUT2D eigenvalue weighted by atomic mass is 10.1. The maximum absolute atomic E-state index is 12.5. The summed E-state index contributed by atoms with van der Waals surface area (Å²) in [6.45, 7) is -0.310. The van der Waals surface area contributed by atoms with Crippen molar-refractivity contribution in [1.29, 1.82) is 0 Å². The minimum absolute atomic E-state index is 0.310. The SMILES string of the molecule is COc1ccc(C(=O)NCC(=O)NN=Cc2ccc(C(F)(F)F)cc2)cc1. The molecule has 0 heterocycles. The first-order chi connectivity index (χ1) is 12.8. The van der Waals surface area contributed by atoms with Crippen LogP contribution in [0.15, 0.2) is 53.6 Å². The molecule has 2 amide bonds. The molecule has 0 bridgehead atoms. The molecule has 0 aromatic heterocycles. The van der Waals surface area contributed by atoms with Crippen molar-refractivity contribution in [2.45, 2.75) is 6.18 Å². The molecule has 2 aromatic carbocycles. The van der Waals surface area contributed by atoms with Gasteiger partial charge in [0.05, 0.1) is 25.4 Å². The summed E-state index contributed by atoms with van der Waals surface area (Å²) >= 11 is 0. The molecule has 0 aliphatic heterocycles. The quantitative estimate of drug-likeness (QED) is 0.598. The zero-order chi connectivity index (χ0) is 19.9. The van der Waals surface area contributed by atoms with Gasteiger partial charge in [0, 0.05) is 5.56 Å². The molecule has 0 fully saturated rings. The van der Waals surface area contributed by atoms with Crippen molar-refractivity contribution in [3.63, 3.8) is 0 Å². The minimum atomic E-state index is -4.41. The van der Waals surface area contributed by atoms with Crippen molar-refractivity contribution in [2.75, 3.05) is 13.7 Å². The fourth-order valence-corrected chi connectivity index (χ4v) is 1.98. The molecule has 2 aromatic rings. The van der Waals surface area contributed by atoms with Gasteiger partial charge in [-0.15, -0.1) is 0 Å². The second-order valence-corrected chi connectivity index (χ2v) is 5.32. The molecular weight excluding hydrogens is 363 g/mol. The van der Waals surface area contributed by atoms with E-state index in [4.69, 9.17) is 4.74 Å². The third-order valence-electron chi connectivity index (χ3n) is 3.40. The number of alkyl halides is 3. The summed E-state index contributed by atoms with van der Waals surface area (Å²) in [6.07, 6.45) is -3.21. The smallest absolute Gasteiger partial charge is 0.416 e. The highest BCUT2D eigenvalue weighted by atomic mass is 19.4. The number of amides is 2. The summed E-state index contributed by atoms with van der Waals surface area (Å²) in [6, 6.07) is 10.6. The van der Waals surface area contributed by atoms with Gasteiger partial charge in [-0.05, 0) is 42.0 Å². The van der Waals surface area contributed by atoms with Crippen LogP contribution in [-0.4, -0.2) is 31.7 Å². The van der Waals surface area contributed by atoms with Gasteiger partial charge in [-0.1, -0.05) is 12.1 Å². The fraction of sp³-hybridized carbons (Fsp3) is 0.167. The van der Waals surface area contributed by atoms with Gasteiger partial charge >= 0.3 is 6.18 Å². The zero-order valence-electron chi connectivity index (χ0n) is 14.2. The van der Waals surface area contributed by atoms with Gasteiger partial charge < -0.3 is 10.1 Å². The highest BCUT2D eigenvalue weighted by Gasteiger charge is 2.29. The number of benzene rings is 2. The van der Waals surface area contributed by atoms with Crippen LogP contribution in [0.2, 0.25) is 0 Å². The van der Waals surface area contributed by atoms with Crippen LogP contribution in [0.3, 0.4) is 0 Å². The Balaban J connectivity index is 1.79. The van der Waals surface area contributed by atoms with Gasteiger partial charge in [-0.2, -0.15) is 18.3 Å². The van der Waals surface area contributed by atoms with Crippen LogP contribution >= 0.6 is 0 Å². The van der Waals surface area contributed by atoms with Gasteiger partial charge in [-0.3, -0.25) is 9.59 Å². The van der Waals surface area contributed by atoms with Crippen LogP contribution in [0.25, 0.3) is 0 Å². The third kappa shape index (κ3) is 6.14. The van der Waals surface area contributed by atoms with Crippen LogP contribution < -0.4 is 15.5 Å². The number of nitrogens with one attached hydrogen (secondary N) is 2. The Hall–Kier alpha value is -3.36. The van der Waals surface area contributed by atoms with E-state index < -0.39 is 23.6 Å². The van der Waals surface area contributed by atoms with E-state index in [1.54, 1.807) is 24.3 Å². The Morgan fingerprint density at radius 3 is 2.26 bits per heavy atom. The highest BCUT2D eigenvalue weighted by molar-refractivity contribution is 5.96. The molecule has 0 unspecified atom stereocenters. The maximum atomic E-state index is 12.5. The van der Waals surface area contributed by atoms with Crippen molar-refractivity contribution in [1.82, 2.24) is 10.7 Å². The molecule has 0 saturated heterocycles. The lowest BCUT2D eigenvalue weighted by Gasteiger charge is -2.06. The van der Waals surface area contributed by atoms with Crippen molar-refractivity contribution in [3.05, 3.63) is 65.2 Å². The summed E-state index contributed by atoms with van der Waals surface area (Å²) in [5.74, 6) is -0.429. The van der Waals surface area contributed by atoms with E-state index >= 15 is 0 Å². The number of methoxy groups -OCH3 is 1. The lowest BCUT2D eigenvalue weighted by molar-refractivity contribution is -0.137. The van der Waals surface area contributed by atoms with E-state index in [9.17, 15) is 22.8 Å². The average Bonchev–Trinajstić information content (AvgIpc) is 2.66. The number of hydrogen-bond acceptors (Lipinski definition) is 4. The van der Waals surface area contributed by atoms with E-state index in [0.29, 0.717) is 16.9 Å². The van der Waals surface area contributed by atoms with Gasteiger partial charge in [0.25, 0.3) is 11.8 Å². The summed E-state index contributed by atoms with van der Waals surface area (Å²) in [4.78, 5) is 23.5.